The molecule has 64 valence electrons. The number of halogens is 1. The largest absolute Gasteiger partial charge is 0.236 e. The molecule has 0 amide bonds. The molecule has 0 saturated heterocycles. The molecule has 0 fully saturated rings. The summed E-state index contributed by atoms with van der Waals surface area (Å²) in [4.78, 5) is 3.47. The first-order valence-electron chi connectivity index (χ1n) is 4.17. The first kappa shape index (κ1) is 8.34. The molecule has 0 heterocycles. The molecule has 1 aliphatic carbocycles. The summed E-state index contributed by atoms with van der Waals surface area (Å²) < 4.78 is 0. The predicted molar refractivity (Wildman–Crippen MR) is 54.1 cm³/mol. The van der Waals surface area contributed by atoms with Crippen molar-refractivity contribution in [2.24, 2.45) is 0 Å². The van der Waals surface area contributed by atoms with E-state index < -0.39 is 0 Å². The quantitative estimate of drug-likeness (QED) is 0.551. The SMILES string of the molecule is [C-]#[N+]C1=C(Cl)CCc2ccccc21. The van der Waals surface area contributed by atoms with Gasteiger partial charge in [-0.05, 0) is 18.4 Å². The minimum Gasteiger partial charge on any atom is -0.236 e. The normalized spacial score (nSPS) is 15.1. The molecule has 0 spiro atoms. The van der Waals surface area contributed by atoms with Crippen LogP contribution in [0.4, 0.5) is 0 Å². The molecular weight excluding hydrogens is 182 g/mol. The second-order valence-electron chi connectivity index (χ2n) is 3.02. The van der Waals surface area contributed by atoms with E-state index in [1.807, 2.05) is 18.2 Å². The molecule has 0 radical (unpaired) electrons. The average Bonchev–Trinajstić information content (AvgIpc) is 2.18. The summed E-state index contributed by atoms with van der Waals surface area (Å²) in [7, 11) is 0. The Morgan fingerprint density at radius 3 is 2.77 bits per heavy atom. The van der Waals surface area contributed by atoms with Gasteiger partial charge in [0, 0.05) is 5.03 Å². The van der Waals surface area contributed by atoms with Crippen molar-refractivity contribution in [3.05, 3.63) is 51.8 Å². The van der Waals surface area contributed by atoms with Gasteiger partial charge in [-0.2, -0.15) is 0 Å². The van der Waals surface area contributed by atoms with Crippen LogP contribution in [0.15, 0.2) is 29.3 Å². The Kier molecular flexibility index (Phi) is 2.08. The fraction of sp³-hybridized carbons (Fsp3) is 0.182. The molecule has 0 saturated carbocycles. The smallest absolute Gasteiger partial charge is 0.208 e. The van der Waals surface area contributed by atoms with Crippen molar-refractivity contribution in [2.75, 3.05) is 0 Å². The Balaban J connectivity index is 2.63. The van der Waals surface area contributed by atoms with Gasteiger partial charge < -0.3 is 0 Å². The van der Waals surface area contributed by atoms with Gasteiger partial charge in [-0.3, -0.25) is 0 Å². The number of benzene rings is 1. The fourth-order valence-electron chi connectivity index (χ4n) is 1.60. The van der Waals surface area contributed by atoms with Crippen molar-refractivity contribution in [1.82, 2.24) is 0 Å². The number of fused-ring (bicyclic) bond motifs is 1. The summed E-state index contributed by atoms with van der Waals surface area (Å²) in [6.07, 6.45) is 1.75. The highest BCUT2D eigenvalue weighted by Gasteiger charge is 2.16. The van der Waals surface area contributed by atoms with Crippen LogP contribution in [-0.2, 0) is 6.42 Å². The van der Waals surface area contributed by atoms with E-state index in [2.05, 4.69) is 10.9 Å². The van der Waals surface area contributed by atoms with Crippen LogP contribution in [0, 0.1) is 6.57 Å². The molecule has 0 atom stereocenters. The first-order chi connectivity index (χ1) is 6.33. The zero-order valence-corrected chi connectivity index (χ0v) is 7.80. The number of hydrogen-bond donors (Lipinski definition) is 0. The average molecular weight is 190 g/mol. The Morgan fingerprint density at radius 2 is 2.00 bits per heavy atom. The highest BCUT2D eigenvalue weighted by Crippen LogP contribution is 2.33. The molecule has 1 aliphatic rings. The van der Waals surface area contributed by atoms with Crippen molar-refractivity contribution in [3.63, 3.8) is 0 Å². The van der Waals surface area contributed by atoms with Crippen LogP contribution in [0.5, 0.6) is 0 Å². The van der Waals surface area contributed by atoms with Crippen molar-refractivity contribution >= 4 is 17.3 Å². The molecule has 0 unspecified atom stereocenters. The van der Waals surface area contributed by atoms with Gasteiger partial charge in [0.25, 0.3) is 0 Å². The highest BCUT2D eigenvalue weighted by molar-refractivity contribution is 6.33. The number of rotatable bonds is 0. The molecule has 2 heteroatoms. The summed E-state index contributed by atoms with van der Waals surface area (Å²) in [5.74, 6) is 0. The Labute approximate surface area is 82.5 Å². The zero-order chi connectivity index (χ0) is 9.26. The van der Waals surface area contributed by atoms with E-state index in [0.29, 0.717) is 10.7 Å². The third-order valence-corrected chi connectivity index (χ3v) is 2.62. The Morgan fingerprint density at radius 1 is 1.23 bits per heavy atom. The lowest BCUT2D eigenvalue weighted by Gasteiger charge is -2.15. The van der Waals surface area contributed by atoms with Gasteiger partial charge in [0.15, 0.2) is 0 Å². The summed E-state index contributed by atoms with van der Waals surface area (Å²) in [6.45, 7) is 7.04. The highest BCUT2D eigenvalue weighted by atomic mass is 35.5. The maximum Gasteiger partial charge on any atom is 0.208 e. The van der Waals surface area contributed by atoms with E-state index in [0.717, 1.165) is 18.4 Å². The topological polar surface area (TPSA) is 4.36 Å². The van der Waals surface area contributed by atoms with Crippen LogP contribution in [0.1, 0.15) is 17.5 Å². The van der Waals surface area contributed by atoms with Crippen LogP contribution in [0.25, 0.3) is 10.5 Å². The van der Waals surface area contributed by atoms with Gasteiger partial charge in [-0.1, -0.05) is 29.8 Å². The lowest BCUT2D eigenvalue weighted by atomic mass is 9.95. The van der Waals surface area contributed by atoms with Crippen LogP contribution < -0.4 is 0 Å². The van der Waals surface area contributed by atoms with E-state index in [1.165, 1.54) is 5.56 Å². The fourth-order valence-corrected chi connectivity index (χ4v) is 1.84. The van der Waals surface area contributed by atoms with Gasteiger partial charge >= 0.3 is 0 Å². The van der Waals surface area contributed by atoms with Gasteiger partial charge in [0.2, 0.25) is 5.70 Å². The van der Waals surface area contributed by atoms with Crippen LogP contribution in [0.2, 0.25) is 0 Å². The van der Waals surface area contributed by atoms with Gasteiger partial charge in [0.05, 0.1) is 6.57 Å². The lowest BCUT2D eigenvalue weighted by molar-refractivity contribution is 0.964. The standard InChI is InChI=1S/C11H8ClN/c1-13-11-9-5-3-2-4-8(9)6-7-10(11)12/h2-5H,6-7H2. The Bertz CT molecular complexity index is 412. The second-order valence-corrected chi connectivity index (χ2v) is 3.48. The number of aryl methyl sites for hydroxylation is 1. The third kappa shape index (κ3) is 1.34. The van der Waals surface area contributed by atoms with E-state index in [-0.39, 0.29) is 0 Å². The molecule has 13 heavy (non-hydrogen) atoms. The maximum absolute atomic E-state index is 7.04. The van der Waals surface area contributed by atoms with Crippen LogP contribution >= 0.6 is 11.6 Å². The number of nitrogens with zero attached hydrogens (tertiary/aromatic N) is 1. The lowest BCUT2D eigenvalue weighted by Crippen LogP contribution is -1.99. The van der Waals surface area contributed by atoms with E-state index in [1.54, 1.807) is 0 Å². The maximum atomic E-state index is 7.04. The first-order valence-corrected chi connectivity index (χ1v) is 4.55. The van der Waals surface area contributed by atoms with E-state index in [9.17, 15) is 0 Å². The van der Waals surface area contributed by atoms with Crippen molar-refractivity contribution in [2.45, 2.75) is 12.8 Å². The van der Waals surface area contributed by atoms with Crippen LogP contribution in [0.3, 0.4) is 0 Å². The van der Waals surface area contributed by atoms with E-state index >= 15 is 0 Å². The molecule has 0 aliphatic heterocycles. The van der Waals surface area contributed by atoms with Gasteiger partial charge in [-0.15, -0.1) is 11.6 Å². The van der Waals surface area contributed by atoms with Gasteiger partial charge in [-0.25, -0.2) is 4.85 Å². The minimum absolute atomic E-state index is 0.628. The van der Waals surface area contributed by atoms with Crippen molar-refractivity contribution in [3.8, 4) is 0 Å². The minimum atomic E-state index is 0.628. The summed E-state index contributed by atoms with van der Waals surface area (Å²) in [6, 6.07) is 7.97. The molecule has 2 rings (SSSR count). The monoisotopic (exact) mass is 189 g/mol. The molecule has 0 aromatic heterocycles. The summed E-state index contributed by atoms with van der Waals surface area (Å²) in [5.41, 5.74) is 2.87. The predicted octanol–water partition coefficient (Wildman–Crippen LogP) is 3.46. The second kappa shape index (κ2) is 3.24. The van der Waals surface area contributed by atoms with Crippen LogP contribution in [-0.4, -0.2) is 0 Å². The van der Waals surface area contributed by atoms with Crippen molar-refractivity contribution < 1.29 is 0 Å². The molecular formula is C11H8ClN. The third-order valence-electron chi connectivity index (χ3n) is 2.26. The summed E-state index contributed by atoms with van der Waals surface area (Å²) in [5, 5.41) is 0.703. The zero-order valence-electron chi connectivity index (χ0n) is 7.05. The molecule has 1 aromatic carbocycles. The van der Waals surface area contributed by atoms with Crippen molar-refractivity contribution in [1.29, 1.82) is 0 Å². The molecule has 0 bridgehead atoms. The molecule has 1 nitrogen and oxygen atoms in total. The molecule has 0 N–H and O–H groups in total. The Hall–Kier alpha value is -1.26. The van der Waals surface area contributed by atoms with Gasteiger partial charge in [0.1, 0.15) is 0 Å². The number of hydrogen-bond acceptors (Lipinski definition) is 0. The van der Waals surface area contributed by atoms with E-state index in [4.69, 9.17) is 18.2 Å². The number of allylic oxidation sites excluding steroid dienone is 1. The molecule has 1 aromatic rings. The summed E-state index contributed by atoms with van der Waals surface area (Å²) >= 11 is 5.98.